The van der Waals surface area contributed by atoms with Crippen LogP contribution in [0.2, 0.25) is 0 Å². The van der Waals surface area contributed by atoms with E-state index in [0.717, 1.165) is 58.2 Å². The highest BCUT2D eigenvalue weighted by molar-refractivity contribution is 7.13. The molecule has 6 nitrogen and oxygen atoms in total. The number of amides is 1. The standard InChI is InChI=1S/C25H25N3O3S/c1-30-17-8-6-15(7-9-17)25-26-16(14-32-25)12-23(29)27-22-5-3-4-19-20-13-18(31-2)10-11-21(20)28-24(19)22/h6-11,13-14,22,28H,3-5,12H2,1-2H3,(H,27,29)/t22-/m0/s1. The second-order valence-corrected chi connectivity index (χ2v) is 8.85. The summed E-state index contributed by atoms with van der Waals surface area (Å²) in [5.74, 6) is 1.65. The number of nitrogens with zero attached hydrogens (tertiary/aromatic N) is 1. The van der Waals surface area contributed by atoms with Crippen LogP contribution in [0, 0.1) is 0 Å². The summed E-state index contributed by atoms with van der Waals surface area (Å²) in [6.07, 6.45) is 3.25. The third-order valence-electron chi connectivity index (χ3n) is 5.98. The van der Waals surface area contributed by atoms with E-state index in [1.807, 2.05) is 41.8 Å². The smallest absolute Gasteiger partial charge is 0.226 e. The number of nitrogens with one attached hydrogen (secondary N) is 2. The van der Waals surface area contributed by atoms with Gasteiger partial charge >= 0.3 is 0 Å². The molecule has 0 aliphatic heterocycles. The van der Waals surface area contributed by atoms with Crippen LogP contribution in [-0.2, 0) is 17.6 Å². The Morgan fingerprint density at radius 1 is 1.16 bits per heavy atom. The van der Waals surface area contributed by atoms with Gasteiger partial charge in [-0.2, -0.15) is 0 Å². The minimum atomic E-state index is -0.00987. The fourth-order valence-corrected chi connectivity index (χ4v) is 5.20. The van der Waals surface area contributed by atoms with Crippen molar-refractivity contribution in [1.29, 1.82) is 0 Å². The average molecular weight is 448 g/mol. The van der Waals surface area contributed by atoms with Crippen molar-refractivity contribution in [3.05, 3.63) is 64.8 Å². The molecule has 0 spiro atoms. The Hall–Kier alpha value is -3.32. The molecule has 0 fully saturated rings. The van der Waals surface area contributed by atoms with Crippen LogP contribution in [0.4, 0.5) is 0 Å². The van der Waals surface area contributed by atoms with Crippen LogP contribution in [-0.4, -0.2) is 30.1 Å². The van der Waals surface area contributed by atoms with Crippen LogP contribution in [0.15, 0.2) is 47.8 Å². The maximum Gasteiger partial charge on any atom is 0.226 e. The van der Waals surface area contributed by atoms with Gasteiger partial charge in [-0.1, -0.05) is 0 Å². The number of aromatic amines is 1. The van der Waals surface area contributed by atoms with Crippen LogP contribution in [0.1, 0.15) is 35.8 Å². The van der Waals surface area contributed by atoms with Gasteiger partial charge in [0, 0.05) is 27.5 Å². The molecular weight excluding hydrogens is 422 g/mol. The van der Waals surface area contributed by atoms with Crippen molar-refractivity contribution in [2.75, 3.05) is 14.2 Å². The Morgan fingerprint density at radius 3 is 2.72 bits per heavy atom. The number of aryl methyl sites for hydroxylation is 1. The third kappa shape index (κ3) is 3.96. The van der Waals surface area contributed by atoms with Crippen molar-refractivity contribution in [2.24, 2.45) is 0 Å². The van der Waals surface area contributed by atoms with Gasteiger partial charge in [-0.25, -0.2) is 4.98 Å². The first-order chi connectivity index (χ1) is 15.6. The second kappa shape index (κ2) is 8.67. The van der Waals surface area contributed by atoms with Gasteiger partial charge in [0.2, 0.25) is 5.91 Å². The number of methoxy groups -OCH3 is 2. The summed E-state index contributed by atoms with van der Waals surface area (Å²) < 4.78 is 10.6. The van der Waals surface area contributed by atoms with E-state index in [9.17, 15) is 4.79 Å². The van der Waals surface area contributed by atoms with Gasteiger partial charge in [-0.15, -0.1) is 11.3 Å². The highest BCUT2D eigenvalue weighted by atomic mass is 32.1. The number of hydrogen-bond donors (Lipinski definition) is 2. The lowest BCUT2D eigenvalue weighted by Crippen LogP contribution is -2.32. The number of carbonyl (C=O) groups excluding carboxylic acids is 1. The Labute approximate surface area is 190 Å². The van der Waals surface area contributed by atoms with Gasteiger partial charge in [0.15, 0.2) is 0 Å². The molecular formula is C25H25N3O3S. The second-order valence-electron chi connectivity index (χ2n) is 7.99. The summed E-state index contributed by atoms with van der Waals surface area (Å²) in [5, 5.41) is 7.27. The van der Waals surface area contributed by atoms with E-state index in [0.29, 0.717) is 0 Å². The van der Waals surface area contributed by atoms with Crippen molar-refractivity contribution in [3.63, 3.8) is 0 Å². The predicted molar refractivity (Wildman–Crippen MR) is 126 cm³/mol. The normalized spacial score (nSPS) is 15.4. The molecule has 4 aromatic rings. The summed E-state index contributed by atoms with van der Waals surface area (Å²) in [6.45, 7) is 0. The molecule has 2 aromatic carbocycles. The van der Waals surface area contributed by atoms with E-state index in [-0.39, 0.29) is 18.4 Å². The molecule has 0 bridgehead atoms. The van der Waals surface area contributed by atoms with Gasteiger partial charge in [-0.3, -0.25) is 4.79 Å². The lowest BCUT2D eigenvalue weighted by Gasteiger charge is -2.23. The number of hydrogen-bond acceptors (Lipinski definition) is 5. The largest absolute Gasteiger partial charge is 0.497 e. The number of benzene rings is 2. The highest BCUT2D eigenvalue weighted by Crippen LogP contribution is 2.36. The minimum Gasteiger partial charge on any atom is -0.497 e. The number of thiazole rings is 1. The summed E-state index contributed by atoms with van der Waals surface area (Å²) in [5.41, 5.74) is 5.29. The van der Waals surface area contributed by atoms with E-state index >= 15 is 0 Å². The lowest BCUT2D eigenvalue weighted by atomic mass is 9.91. The SMILES string of the molecule is COc1ccc(-c2nc(CC(=O)N[C@H]3CCCc4c3[nH]c3ccc(OC)cc43)cs2)cc1. The van der Waals surface area contributed by atoms with Gasteiger partial charge in [0.25, 0.3) is 0 Å². The number of H-pyrrole nitrogens is 1. The summed E-state index contributed by atoms with van der Waals surface area (Å²) in [6, 6.07) is 13.9. The highest BCUT2D eigenvalue weighted by Gasteiger charge is 2.26. The molecule has 32 heavy (non-hydrogen) atoms. The maximum atomic E-state index is 12.8. The van der Waals surface area contributed by atoms with E-state index in [1.165, 1.54) is 10.9 Å². The zero-order valence-corrected chi connectivity index (χ0v) is 18.9. The van der Waals surface area contributed by atoms with Gasteiger partial charge in [-0.05, 0) is 67.3 Å². The fourth-order valence-electron chi connectivity index (χ4n) is 4.38. The van der Waals surface area contributed by atoms with E-state index in [1.54, 1.807) is 25.6 Å². The number of carbonyl (C=O) groups is 1. The molecule has 0 saturated heterocycles. The molecule has 0 saturated carbocycles. The molecule has 2 aromatic heterocycles. The van der Waals surface area contributed by atoms with E-state index < -0.39 is 0 Å². The summed E-state index contributed by atoms with van der Waals surface area (Å²) in [4.78, 5) is 21.0. The summed E-state index contributed by atoms with van der Waals surface area (Å²) >= 11 is 1.55. The number of ether oxygens (including phenoxy) is 2. The molecule has 7 heteroatoms. The molecule has 164 valence electrons. The zero-order valence-electron chi connectivity index (χ0n) is 18.1. The topological polar surface area (TPSA) is 76.2 Å². The lowest BCUT2D eigenvalue weighted by molar-refractivity contribution is -0.121. The predicted octanol–water partition coefficient (Wildman–Crippen LogP) is 5.04. The Morgan fingerprint density at radius 2 is 1.94 bits per heavy atom. The monoisotopic (exact) mass is 447 g/mol. The van der Waals surface area contributed by atoms with Crippen LogP contribution < -0.4 is 14.8 Å². The molecule has 2 N–H and O–H groups in total. The Bertz CT molecular complexity index is 1260. The van der Waals surface area contributed by atoms with Crippen LogP contribution >= 0.6 is 11.3 Å². The van der Waals surface area contributed by atoms with Crippen LogP contribution in [0.5, 0.6) is 11.5 Å². The quantitative estimate of drug-likeness (QED) is 0.434. The molecule has 1 aliphatic rings. The number of rotatable bonds is 6. The van der Waals surface area contributed by atoms with Crippen molar-refractivity contribution < 1.29 is 14.3 Å². The molecule has 0 unspecified atom stereocenters. The van der Waals surface area contributed by atoms with Crippen molar-refractivity contribution >= 4 is 28.1 Å². The Balaban J connectivity index is 1.30. The minimum absolute atomic E-state index is 0.00864. The third-order valence-corrected chi connectivity index (χ3v) is 6.92. The van der Waals surface area contributed by atoms with Crippen LogP contribution in [0.3, 0.4) is 0 Å². The molecule has 0 radical (unpaired) electrons. The maximum absolute atomic E-state index is 12.8. The molecule has 1 aliphatic carbocycles. The number of fused-ring (bicyclic) bond motifs is 3. The number of aromatic nitrogens is 2. The van der Waals surface area contributed by atoms with E-state index in [4.69, 9.17) is 9.47 Å². The van der Waals surface area contributed by atoms with Crippen molar-refractivity contribution in [2.45, 2.75) is 31.7 Å². The fraction of sp³-hybridized carbons (Fsp3) is 0.280. The first-order valence-electron chi connectivity index (χ1n) is 10.7. The average Bonchev–Trinajstić information content (AvgIpc) is 3.44. The molecule has 1 amide bonds. The first-order valence-corrected chi connectivity index (χ1v) is 11.6. The van der Waals surface area contributed by atoms with Crippen molar-refractivity contribution in [1.82, 2.24) is 15.3 Å². The van der Waals surface area contributed by atoms with Crippen molar-refractivity contribution in [3.8, 4) is 22.1 Å². The van der Waals surface area contributed by atoms with E-state index in [2.05, 4.69) is 21.4 Å². The van der Waals surface area contributed by atoms with Gasteiger partial charge < -0.3 is 19.8 Å². The molecule has 5 rings (SSSR count). The summed E-state index contributed by atoms with van der Waals surface area (Å²) in [7, 11) is 3.33. The first kappa shape index (κ1) is 20.6. The zero-order chi connectivity index (χ0) is 22.1. The van der Waals surface area contributed by atoms with Crippen LogP contribution in [0.25, 0.3) is 21.5 Å². The Kier molecular flexibility index (Phi) is 5.57. The molecule has 2 heterocycles. The van der Waals surface area contributed by atoms with Gasteiger partial charge in [0.1, 0.15) is 16.5 Å². The van der Waals surface area contributed by atoms with Gasteiger partial charge in [0.05, 0.1) is 32.4 Å². The molecule has 1 atom stereocenters.